The minimum atomic E-state index is -3.12. The van der Waals surface area contributed by atoms with Crippen LogP contribution in [-0.2, 0) is 20.7 Å². The lowest BCUT2D eigenvalue weighted by molar-refractivity contribution is -0.605. The van der Waals surface area contributed by atoms with Gasteiger partial charge in [-0.2, -0.15) is 13.5 Å². The van der Waals surface area contributed by atoms with E-state index in [1.165, 1.54) is 49.6 Å². The number of carbonyl (C=O) groups is 3. The van der Waals surface area contributed by atoms with Crippen LogP contribution in [0.25, 0.3) is 0 Å². The summed E-state index contributed by atoms with van der Waals surface area (Å²) in [5.41, 5.74) is 1.12. The second kappa shape index (κ2) is 18.2. The van der Waals surface area contributed by atoms with Crippen LogP contribution in [0.3, 0.4) is 0 Å². The maximum Gasteiger partial charge on any atom is 0.387 e. The molecule has 2 bridgehead atoms. The predicted molar refractivity (Wildman–Crippen MR) is 207 cm³/mol. The Balaban J connectivity index is 1.13. The molecule has 2 unspecified atom stereocenters. The number of hydrogen-bond donors (Lipinski definition) is 1. The van der Waals surface area contributed by atoms with Crippen LogP contribution in [0.1, 0.15) is 75.2 Å². The minimum Gasteiger partial charge on any atom is -0.619 e. The van der Waals surface area contributed by atoms with Crippen LogP contribution >= 0.6 is 23.2 Å². The van der Waals surface area contributed by atoms with Crippen LogP contribution in [-0.4, -0.2) is 68.8 Å². The number of amides is 1. The zero-order valence-corrected chi connectivity index (χ0v) is 32.9. The van der Waals surface area contributed by atoms with E-state index in [-0.39, 0.29) is 69.2 Å². The van der Waals surface area contributed by atoms with Gasteiger partial charge in [0.15, 0.2) is 29.9 Å². The Bertz CT molecular complexity index is 2110. The van der Waals surface area contributed by atoms with Crippen molar-refractivity contribution in [2.75, 3.05) is 33.4 Å². The molecule has 4 aromatic rings. The molecule has 1 aliphatic carbocycles. The molecular weight excluding hydrogens is 799 g/mol. The van der Waals surface area contributed by atoms with Crippen LogP contribution in [0.2, 0.25) is 10.0 Å². The normalized spacial score (nSPS) is 19.5. The molecule has 0 radical (unpaired) electrons. The summed E-state index contributed by atoms with van der Waals surface area (Å²) in [5.74, 6) is -1.21. The summed E-state index contributed by atoms with van der Waals surface area (Å²) in [6.45, 7) is -0.280. The lowest BCUT2D eigenvalue weighted by atomic mass is 9.86. The summed E-state index contributed by atoms with van der Waals surface area (Å²) < 4.78 is 55.0. The summed E-state index contributed by atoms with van der Waals surface area (Å²) in [5, 5.41) is 14.8. The summed E-state index contributed by atoms with van der Waals surface area (Å²) in [6, 6.07) is 15.5. The number of nitrogens with zero attached hydrogens (tertiary/aromatic N) is 2. The van der Waals surface area contributed by atoms with Crippen LogP contribution < -0.4 is 24.3 Å². The molecule has 1 N–H and O–H groups in total. The van der Waals surface area contributed by atoms with E-state index >= 15 is 0 Å². The molecule has 8 rings (SSSR count). The van der Waals surface area contributed by atoms with Gasteiger partial charge in [0.1, 0.15) is 28.0 Å². The Labute approximate surface area is 343 Å². The van der Waals surface area contributed by atoms with Crippen LogP contribution in [0.15, 0.2) is 79.1 Å². The first kappa shape index (κ1) is 41.0. The molecule has 3 aliphatic heterocycles. The van der Waals surface area contributed by atoms with Crippen LogP contribution in [0.4, 0.5) is 8.78 Å². The van der Waals surface area contributed by atoms with E-state index < -0.39 is 36.6 Å². The third-order valence-corrected chi connectivity index (χ3v) is 11.3. The lowest BCUT2D eigenvalue weighted by Gasteiger charge is -2.44. The summed E-state index contributed by atoms with van der Waals surface area (Å²) >= 11 is 12.8. The zero-order chi connectivity index (χ0) is 40.9. The Morgan fingerprint density at radius 1 is 0.914 bits per heavy atom. The second-order valence-corrected chi connectivity index (χ2v) is 15.4. The Morgan fingerprint density at radius 2 is 1.60 bits per heavy atom. The third kappa shape index (κ3) is 10.1. The first-order valence-electron chi connectivity index (χ1n) is 18.9. The van der Waals surface area contributed by atoms with E-state index in [9.17, 15) is 28.4 Å². The van der Waals surface area contributed by atoms with Gasteiger partial charge < -0.3 is 34.2 Å². The zero-order valence-electron chi connectivity index (χ0n) is 31.4. The highest BCUT2D eigenvalue weighted by atomic mass is 35.5. The average molecular weight is 841 g/mol. The number of carbonyl (C=O) groups excluding carboxylic acids is 3. The standard InChI is InChI=1S/C42H41Cl2F2N3O9/c1-54-30-10-7-26(8-11-30)38(41(52)57-37-22-48-15-13-25(37)14-16-48)47-39(50)28-3-2-4-29(17-28)40(51)56-35(19-31-32(43)20-49(53)21-33(31)44)27-9-12-34(58-42(45)46)36(18-27)55-23-24-5-6-24/h2-4,7-12,17-18,20-21,24-25,35,37-38,42H,5-6,13-16,19,22-23H2,1H3,(H,47,50)/t35?,37-,38?/m0/s1. The van der Waals surface area contributed by atoms with E-state index in [0.717, 1.165) is 51.2 Å². The predicted octanol–water partition coefficient (Wildman–Crippen LogP) is 7.27. The molecular formula is C42H41Cl2F2N3O9. The average Bonchev–Trinajstić information content (AvgIpc) is 4.05. The van der Waals surface area contributed by atoms with E-state index in [1.54, 1.807) is 24.3 Å². The fourth-order valence-electron chi connectivity index (χ4n) is 7.20. The SMILES string of the molecule is COc1ccc(C(NC(=O)c2cccc(C(=O)OC(Cc3c(Cl)c[n+]([O-])cc3Cl)c3ccc(OC(F)F)c(OCC4CC4)c3)c2)C(=O)O[C@H]2CN3CCC2CC3)cc1. The molecule has 3 saturated heterocycles. The molecule has 58 heavy (non-hydrogen) atoms. The lowest BCUT2D eigenvalue weighted by Crippen LogP contribution is -2.52. The summed E-state index contributed by atoms with van der Waals surface area (Å²) in [4.78, 5) is 43.8. The minimum absolute atomic E-state index is 0.00326. The van der Waals surface area contributed by atoms with Crippen molar-refractivity contribution in [1.29, 1.82) is 0 Å². The quantitative estimate of drug-likeness (QED) is 0.0696. The molecule has 4 fully saturated rings. The number of pyridine rings is 1. The van der Waals surface area contributed by atoms with Gasteiger partial charge in [0.05, 0.1) is 19.3 Å². The van der Waals surface area contributed by atoms with Gasteiger partial charge in [0.2, 0.25) is 0 Å². The molecule has 12 nitrogen and oxygen atoms in total. The fraction of sp³-hybridized carbons (Fsp3) is 0.381. The van der Waals surface area contributed by atoms with Crippen molar-refractivity contribution < 1.29 is 51.6 Å². The number of halogens is 4. The molecule has 16 heteroatoms. The number of benzene rings is 3. The molecule has 0 spiro atoms. The third-order valence-electron chi connectivity index (χ3n) is 10.6. The molecule has 306 valence electrons. The van der Waals surface area contributed by atoms with Gasteiger partial charge in [-0.15, -0.1) is 0 Å². The largest absolute Gasteiger partial charge is 0.619 e. The number of aromatic nitrogens is 1. The van der Waals surface area contributed by atoms with Gasteiger partial charge in [0, 0.05) is 24.1 Å². The van der Waals surface area contributed by atoms with Crippen molar-refractivity contribution in [1.82, 2.24) is 10.2 Å². The van der Waals surface area contributed by atoms with Crippen molar-refractivity contribution in [3.8, 4) is 17.2 Å². The van der Waals surface area contributed by atoms with Crippen LogP contribution in [0, 0.1) is 17.0 Å². The van der Waals surface area contributed by atoms with Gasteiger partial charge in [-0.1, -0.05) is 47.5 Å². The highest BCUT2D eigenvalue weighted by Crippen LogP contribution is 2.38. The summed E-state index contributed by atoms with van der Waals surface area (Å²) in [6.07, 6.45) is 4.37. The van der Waals surface area contributed by atoms with Gasteiger partial charge >= 0.3 is 18.6 Å². The van der Waals surface area contributed by atoms with Gasteiger partial charge in [-0.3, -0.25) is 9.69 Å². The van der Waals surface area contributed by atoms with Crippen LogP contribution in [0.5, 0.6) is 17.2 Å². The topological polar surface area (TPSA) is 140 Å². The Hall–Kier alpha value is -5.18. The van der Waals surface area contributed by atoms with E-state index in [4.69, 9.17) is 46.9 Å². The van der Waals surface area contributed by atoms with Gasteiger partial charge in [-0.05, 0) is 104 Å². The van der Waals surface area contributed by atoms with Crippen molar-refractivity contribution in [3.63, 3.8) is 0 Å². The number of fused-ring (bicyclic) bond motifs is 3. The first-order chi connectivity index (χ1) is 27.9. The first-order valence-corrected chi connectivity index (χ1v) is 19.7. The second-order valence-electron chi connectivity index (χ2n) is 14.6. The number of hydrogen-bond acceptors (Lipinski definition) is 10. The van der Waals surface area contributed by atoms with E-state index in [2.05, 4.69) is 10.2 Å². The van der Waals surface area contributed by atoms with Gasteiger partial charge in [0.25, 0.3) is 5.91 Å². The van der Waals surface area contributed by atoms with Crippen molar-refractivity contribution in [2.24, 2.45) is 11.8 Å². The van der Waals surface area contributed by atoms with Crippen molar-refractivity contribution in [3.05, 3.63) is 122 Å². The maximum absolute atomic E-state index is 13.9. The smallest absolute Gasteiger partial charge is 0.387 e. The Kier molecular flexibility index (Phi) is 12.8. The molecule has 1 aromatic heterocycles. The molecule has 1 saturated carbocycles. The fourth-order valence-corrected chi connectivity index (χ4v) is 7.80. The monoisotopic (exact) mass is 839 g/mol. The highest BCUT2D eigenvalue weighted by Gasteiger charge is 2.38. The number of ether oxygens (including phenoxy) is 5. The molecule has 3 aromatic carbocycles. The van der Waals surface area contributed by atoms with E-state index in [1.807, 2.05) is 0 Å². The highest BCUT2D eigenvalue weighted by molar-refractivity contribution is 6.35. The number of esters is 2. The molecule has 4 heterocycles. The van der Waals surface area contributed by atoms with Crippen molar-refractivity contribution in [2.45, 2.75) is 57.0 Å². The Morgan fingerprint density at radius 3 is 2.24 bits per heavy atom. The molecule has 3 atom stereocenters. The molecule has 1 amide bonds. The number of rotatable bonds is 16. The molecule has 4 aliphatic rings. The number of alkyl halides is 2. The van der Waals surface area contributed by atoms with E-state index in [0.29, 0.717) is 28.2 Å². The summed E-state index contributed by atoms with van der Waals surface area (Å²) in [7, 11) is 1.52. The van der Waals surface area contributed by atoms with Gasteiger partial charge in [-0.25, -0.2) is 9.59 Å². The number of nitrogens with one attached hydrogen (secondary N) is 1. The maximum atomic E-state index is 13.9. The number of methoxy groups -OCH3 is 1. The number of piperidine rings is 3. The van der Waals surface area contributed by atoms with Crippen molar-refractivity contribution >= 4 is 41.0 Å².